The molecule has 0 aromatic heterocycles. The second-order valence-electron chi connectivity index (χ2n) is 4.27. The molecule has 1 rings (SSSR count). The Morgan fingerprint density at radius 3 is 2.25 bits per heavy atom. The van der Waals surface area contributed by atoms with Gasteiger partial charge in [-0.1, -0.05) is 6.92 Å². The van der Waals surface area contributed by atoms with E-state index in [0.717, 1.165) is 24.3 Å². The van der Waals surface area contributed by atoms with Crippen LogP contribution in [0.1, 0.15) is 25.3 Å². The van der Waals surface area contributed by atoms with Crippen LogP contribution in [-0.4, -0.2) is 26.2 Å². The third-order valence-electron chi connectivity index (χ3n) is 2.73. The van der Waals surface area contributed by atoms with E-state index in [2.05, 4.69) is 4.72 Å². The quantitative estimate of drug-likeness (QED) is 0.846. The standard InChI is InChI=1S/C12H16F3NO3S/c1-2-10(17)7-8-16-20(18,19)11-5-3-9(4-6-11)12(13,14)15/h3-6,10,16-17H,2,7-8H2,1H3. The predicted molar refractivity (Wildman–Crippen MR) is 67.5 cm³/mol. The maximum absolute atomic E-state index is 12.4. The molecule has 1 atom stereocenters. The van der Waals surface area contributed by atoms with E-state index in [1.807, 2.05) is 0 Å². The highest BCUT2D eigenvalue weighted by Crippen LogP contribution is 2.29. The lowest BCUT2D eigenvalue weighted by Crippen LogP contribution is -2.27. The number of halogens is 3. The number of hydrogen-bond acceptors (Lipinski definition) is 3. The molecular formula is C12H16F3NO3S. The molecule has 2 N–H and O–H groups in total. The van der Waals surface area contributed by atoms with E-state index in [4.69, 9.17) is 0 Å². The Balaban J connectivity index is 2.73. The van der Waals surface area contributed by atoms with Gasteiger partial charge in [-0.2, -0.15) is 13.2 Å². The Bertz CT molecular complexity index is 526. The smallest absolute Gasteiger partial charge is 0.393 e. The average Bonchev–Trinajstić information content (AvgIpc) is 2.37. The van der Waals surface area contributed by atoms with E-state index in [1.54, 1.807) is 6.92 Å². The van der Waals surface area contributed by atoms with E-state index in [0.29, 0.717) is 6.42 Å². The van der Waals surface area contributed by atoms with Crippen molar-refractivity contribution in [3.05, 3.63) is 29.8 Å². The summed E-state index contributed by atoms with van der Waals surface area (Å²) in [6, 6.07) is 3.24. The monoisotopic (exact) mass is 311 g/mol. The zero-order valence-electron chi connectivity index (χ0n) is 10.8. The molecule has 1 aromatic carbocycles. The highest BCUT2D eigenvalue weighted by Gasteiger charge is 2.30. The molecule has 0 aliphatic heterocycles. The molecule has 114 valence electrons. The van der Waals surface area contributed by atoms with Crippen molar-refractivity contribution in [3.63, 3.8) is 0 Å². The Morgan fingerprint density at radius 1 is 1.25 bits per heavy atom. The lowest BCUT2D eigenvalue weighted by molar-refractivity contribution is -0.137. The first-order valence-electron chi connectivity index (χ1n) is 6.02. The fourth-order valence-corrected chi connectivity index (χ4v) is 2.52. The molecule has 0 aliphatic rings. The number of aliphatic hydroxyl groups excluding tert-OH is 1. The van der Waals surface area contributed by atoms with Gasteiger partial charge >= 0.3 is 6.18 Å². The second-order valence-corrected chi connectivity index (χ2v) is 6.04. The number of hydrogen-bond donors (Lipinski definition) is 2. The Morgan fingerprint density at radius 2 is 1.80 bits per heavy atom. The van der Waals surface area contributed by atoms with Crippen LogP contribution in [0.5, 0.6) is 0 Å². The molecule has 8 heteroatoms. The first kappa shape index (κ1) is 16.9. The van der Waals surface area contributed by atoms with Gasteiger partial charge in [-0.3, -0.25) is 0 Å². The Kier molecular flexibility index (Phi) is 5.55. The fourth-order valence-electron chi connectivity index (χ4n) is 1.47. The lowest BCUT2D eigenvalue weighted by Gasteiger charge is -2.11. The van der Waals surface area contributed by atoms with Gasteiger partial charge in [0.25, 0.3) is 0 Å². The van der Waals surface area contributed by atoms with Crippen LogP contribution in [0.4, 0.5) is 13.2 Å². The van der Waals surface area contributed by atoms with Crippen molar-refractivity contribution in [3.8, 4) is 0 Å². The third kappa shape index (κ3) is 4.77. The van der Waals surface area contributed by atoms with Crippen molar-refractivity contribution in [2.75, 3.05) is 6.54 Å². The van der Waals surface area contributed by atoms with Gasteiger partial charge in [0.2, 0.25) is 10.0 Å². The van der Waals surface area contributed by atoms with Crippen molar-refractivity contribution in [2.45, 2.75) is 36.9 Å². The van der Waals surface area contributed by atoms with Crippen LogP contribution >= 0.6 is 0 Å². The molecule has 0 bridgehead atoms. The predicted octanol–water partition coefficient (Wildman–Crippen LogP) is 2.14. The number of benzene rings is 1. The van der Waals surface area contributed by atoms with Crippen molar-refractivity contribution >= 4 is 10.0 Å². The zero-order chi connectivity index (χ0) is 15.4. The molecule has 0 radical (unpaired) electrons. The highest BCUT2D eigenvalue weighted by atomic mass is 32.2. The Labute approximate surface area is 115 Å². The van der Waals surface area contributed by atoms with Crippen LogP contribution in [0, 0.1) is 0 Å². The van der Waals surface area contributed by atoms with Gasteiger partial charge in [0.05, 0.1) is 16.6 Å². The molecule has 0 aliphatic carbocycles. The van der Waals surface area contributed by atoms with Crippen molar-refractivity contribution in [1.29, 1.82) is 0 Å². The van der Waals surface area contributed by atoms with E-state index < -0.39 is 27.9 Å². The van der Waals surface area contributed by atoms with Crippen LogP contribution in [0.25, 0.3) is 0 Å². The molecule has 0 saturated carbocycles. The number of nitrogens with one attached hydrogen (secondary N) is 1. The van der Waals surface area contributed by atoms with E-state index in [1.165, 1.54) is 0 Å². The summed E-state index contributed by atoms with van der Waals surface area (Å²) in [5.74, 6) is 0. The minimum atomic E-state index is -4.50. The molecule has 1 unspecified atom stereocenters. The van der Waals surface area contributed by atoms with Crippen molar-refractivity contribution in [2.24, 2.45) is 0 Å². The maximum atomic E-state index is 12.4. The minimum absolute atomic E-state index is 0.0262. The normalized spacial score (nSPS) is 14.2. The number of rotatable bonds is 6. The van der Waals surface area contributed by atoms with Gasteiger partial charge in [0.15, 0.2) is 0 Å². The SMILES string of the molecule is CCC(O)CCNS(=O)(=O)c1ccc(C(F)(F)F)cc1. The topological polar surface area (TPSA) is 66.4 Å². The van der Waals surface area contributed by atoms with Gasteiger partial charge in [-0.25, -0.2) is 13.1 Å². The summed E-state index contributed by atoms with van der Waals surface area (Å²) in [5.41, 5.74) is -0.905. The summed E-state index contributed by atoms with van der Waals surface area (Å²) >= 11 is 0. The summed E-state index contributed by atoms with van der Waals surface area (Å²) in [7, 11) is -3.85. The molecule has 0 heterocycles. The molecule has 0 fully saturated rings. The van der Waals surface area contributed by atoms with Crippen LogP contribution in [0.3, 0.4) is 0 Å². The average molecular weight is 311 g/mol. The summed E-state index contributed by atoms with van der Waals surface area (Å²) < 4.78 is 62.9. The van der Waals surface area contributed by atoms with Crippen LogP contribution in [0.2, 0.25) is 0 Å². The number of sulfonamides is 1. The minimum Gasteiger partial charge on any atom is -0.393 e. The molecular weight excluding hydrogens is 295 g/mol. The molecule has 20 heavy (non-hydrogen) atoms. The second kappa shape index (κ2) is 6.55. The molecule has 4 nitrogen and oxygen atoms in total. The van der Waals surface area contributed by atoms with Gasteiger partial charge in [-0.15, -0.1) is 0 Å². The highest BCUT2D eigenvalue weighted by molar-refractivity contribution is 7.89. The first-order chi connectivity index (χ1) is 9.16. The summed E-state index contributed by atoms with van der Waals surface area (Å²) in [6.45, 7) is 1.79. The third-order valence-corrected chi connectivity index (χ3v) is 4.21. The van der Waals surface area contributed by atoms with E-state index >= 15 is 0 Å². The summed E-state index contributed by atoms with van der Waals surface area (Å²) in [5, 5.41) is 9.29. The van der Waals surface area contributed by atoms with Crippen molar-refractivity contribution < 1.29 is 26.7 Å². The van der Waals surface area contributed by atoms with Crippen LogP contribution < -0.4 is 4.72 Å². The van der Waals surface area contributed by atoms with Gasteiger partial charge in [0, 0.05) is 6.54 Å². The molecule has 0 spiro atoms. The first-order valence-corrected chi connectivity index (χ1v) is 7.50. The fraction of sp³-hybridized carbons (Fsp3) is 0.500. The largest absolute Gasteiger partial charge is 0.416 e. The molecule has 1 aromatic rings. The van der Waals surface area contributed by atoms with Gasteiger partial charge < -0.3 is 5.11 Å². The number of aliphatic hydroxyl groups is 1. The molecule has 0 saturated heterocycles. The maximum Gasteiger partial charge on any atom is 0.416 e. The van der Waals surface area contributed by atoms with Crippen LogP contribution in [-0.2, 0) is 16.2 Å². The summed E-state index contributed by atoms with van der Waals surface area (Å²) in [4.78, 5) is -0.239. The van der Waals surface area contributed by atoms with Crippen molar-refractivity contribution in [1.82, 2.24) is 4.72 Å². The van der Waals surface area contributed by atoms with Gasteiger partial charge in [-0.05, 0) is 37.1 Å². The lowest BCUT2D eigenvalue weighted by atomic mass is 10.2. The van der Waals surface area contributed by atoms with Gasteiger partial charge in [0.1, 0.15) is 0 Å². The zero-order valence-corrected chi connectivity index (χ0v) is 11.6. The summed E-state index contributed by atoms with van der Waals surface area (Å²) in [6.07, 6.45) is -4.36. The van der Waals surface area contributed by atoms with E-state index in [-0.39, 0.29) is 17.9 Å². The van der Waals surface area contributed by atoms with E-state index in [9.17, 15) is 26.7 Å². The van der Waals surface area contributed by atoms with Crippen LogP contribution in [0.15, 0.2) is 29.2 Å². The number of alkyl halides is 3. The molecule has 0 amide bonds. The Hall–Kier alpha value is -1.12.